The third-order valence-electron chi connectivity index (χ3n) is 3.58. The molecule has 1 heterocycles. The molecule has 0 bridgehead atoms. The number of carbonyl (C=O) groups is 1. The summed E-state index contributed by atoms with van der Waals surface area (Å²) < 4.78 is 1.38. The van der Waals surface area contributed by atoms with Crippen LogP contribution in [0.25, 0.3) is 0 Å². The molecule has 1 rings (SSSR count). The summed E-state index contributed by atoms with van der Waals surface area (Å²) in [7, 11) is 0. The second-order valence-electron chi connectivity index (χ2n) is 5.84. The maximum Gasteiger partial charge on any atom is 0.251 e. The lowest BCUT2D eigenvalue weighted by Gasteiger charge is -2.32. The summed E-state index contributed by atoms with van der Waals surface area (Å²) in [6.45, 7) is 9.11. The fourth-order valence-corrected chi connectivity index (χ4v) is 2.49. The van der Waals surface area contributed by atoms with Gasteiger partial charge in [0.15, 0.2) is 0 Å². The smallest absolute Gasteiger partial charge is 0.251 e. The largest absolute Gasteiger partial charge is 0.398 e. The van der Waals surface area contributed by atoms with Gasteiger partial charge in [0.05, 0.1) is 0 Å². The van der Waals surface area contributed by atoms with E-state index in [1.807, 2.05) is 4.90 Å². The molecule has 0 radical (unpaired) electrons. The molecule has 0 fully saturated rings. The lowest BCUT2D eigenvalue weighted by Crippen LogP contribution is -2.44. The van der Waals surface area contributed by atoms with Crippen LogP contribution in [0.2, 0.25) is 0 Å². The molecule has 0 aromatic carbocycles. The number of pyridine rings is 1. The van der Waals surface area contributed by atoms with E-state index >= 15 is 0 Å². The Morgan fingerprint density at radius 3 is 2.43 bits per heavy atom. The van der Waals surface area contributed by atoms with E-state index in [0.717, 1.165) is 12.8 Å². The van der Waals surface area contributed by atoms with Crippen LogP contribution in [-0.2, 0) is 11.3 Å². The molecule has 0 spiro atoms. The van der Waals surface area contributed by atoms with E-state index < -0.39 is 0 Å². The normalized spacial score (nSPS) is 11.1. The minimum atomic E-state index is -0.202. The summed E-state index contributed by atoms with van der Waals surface area (Å²) in [5.41, 5.74) is 5.97. The van der Waals surface area contributed by atoms with Gasteiger partial charge < -0.3 is 15.2 Å². The van der Waals surface area contributed by atoms with Crippen LogP contribution in [0, 0.1) is 5.92 Å². The molecule has 0 atom stereocenters. The van der Waals surface area contributed by atoms with Crippen molar-refractivity contribution in [1.82, 2.24) is 9.47 Å². The van der Waals surface area contributed by atoms with E-state index in [4.69, 9.17) is 5.73 Å². The Hall–Kier alpha value is -1.78. The number of amides is 1. The Morgan fingerprint density at radius 1 is 1.29 bits per heavy atom. The van der Waals surface area contributed by atoms with Gasteiger partial charge in [0.25, 0.3) is 5.56 Å². The lowest BCUT2D eigenvalue weighted by molar-refractivity contribution is -0.135. The molecule has 1 aromatic heterocycles. The Kier molecular flexibility index (Phi) is 6.46. The van der Waals surface area contributed by atoms with Crippen LogP contribution >= 0.6 is 0 Å². The second kappa shape index (κ2) is 7.86. The van der Waals surface area contributed by atoms with Gasteiger partial charge in [-0.05, 0) is 24.8 Å². The Bertz CT molecular complexity index is 518. The van der Waals surface area contributed by atoms with Crippen molar-refractivity contribution in [2.45, 2.75) is 53.1 Å². The van der Waals surface area contributed by atoms with E-state index in [-0.39, 0.29) is 24.1 Å². The highest BCUT2D eigenvalue weighted by Crippen LogP contribution is 2.12. The van der Waals surface area contributed by atoms with E-state index in [2.05, 4.69) is 27.7 Å². The zero-order chi connectivity index (χ0) is 16.0. The number of rotatable bonds is 7. The molecule has 0 aliphatic heterocycles. The molecular formula is C16H27N3O2. The molecule has 1 aromatic rings. The number of carbonyl (C=O) groups excluding carboxylic acids is 1. The average molecular weight is 293 g/mol. The molecule has 0 unspecified atom stereocenters. The lowest BCUT2D eigenvalue weighted by atomic mass is 10.1. The molecule has 5 nitrogen and oxygen atoms in total. The number of aromatic nitrogens is 1. The van der Waals surface area contributed by atoms with E-state index in [0.29, 0.717) is 18.2 Å². The van der Waals surface area contributed by atoms with Gasteiger partial charge in [0.1, 0.15) is 6.54 Å². The number of nitrogens with zero attached hydrogens (tertiary/aromatic N) is 2. The summed E-state index contributed by atoms with van der Waals surface area (Å²) in [5, 5.41) is 0. The minimum Gasteiger partial charge on any atom is -0.398 e. The number of anilines is 1. The zero-order valence-electron chi connectivity index (χ0n) is 13.5. The van der Waals surface area contributed by atoms with Crippen LogP contribution in [0.1, 0.15) is 40.5 Å². The molecule has 0 saturated heterocycles. The van der Waals surface area contributed by atoms with Crippen molar-refractivity contribution >= 4 is 11.6 Å². The summed E-state index contributed by atoms with van der Waals surface area (Å²) in [5.74, 6) is 0.372. The standard InChI is InChI=1S/C16H27N3O2/c1-5-14(6-2)19(9-12(3)4)16(21)11-18-10-13(17)7-8-15(18)20/h7-8,10,12,14H,5-6,9,11,17H2,1-4H3. The Morgan fingerprint density at radius 2 is 1.90 bits per heavy atom. The van der Waals surface area contributed by atoms with E-state index in [9.17, 15) is 9.59 Å². The van der Waals surface area contributed by atoms with Gasteiger partial charge in [0, 0.05) is 30.5 Å². The van der Waals surface area contributed by atoms with Crippen molar-refractivity contribution in [2.24, 2.45) is 5.92 Å². The van der Waals surface area contributed by atoms with Gasteiger partial charge in [-0.2, -0.15) is 0 Å². The van der Waals surface area contributed by atoms with Crippen LogP contribution in [0.5, 0.6) is 0 Å². The minimum absolute atomic E-state index is 0.0231. The molecule has 118 valence electrons. The van der Waals surface area contributed by atoms with Crippen molar-refractivity contribution in [3.63, 3.8) is 0 Å². The average Bonchev–Trinajstić information content (AvgIpc) is 2.42. The summed E-state index contributed by atoms with van der Waals surface area (Å²) >= 11 is 0. The van der Waals surface area contributed by atoms with Gasteiger partial charge in [-0.1, -0.05) is 27.7 Å². The topological polar surface area (TPSA) is 68.3 Å². The number of hydrogen-bond acceptors (Lipinski definition) is 3. The monoisotopic (exact) mass is 293 g/mol. The fourth-order valence-electron chi connectivity index (χ4n) is 2.49. The highest BCUT2D eigenvalue weighted by molar-refractivity contribution is 5.76. The molecule has 2 N–H and O–H groups in total. The SMILES string of the molecule is CCC(CC)N(CC(C)C)C(=O)Cn1cc(N)ccc1=O. The molecule has 5 heteroatoms. The molecular weight excluding hydrogens is 266 g/mol. The van der Waals surface area contributed by atoms with Gasteiger partial charge in [-0.3, -0.25) is 9.59 Å². The van der Waals surface area contributed by atoms with E-state index in [1.54, 1.807) is 6.07 Å². The summed E-state index contributed by atoms with van der Waals surface area (Å²) in [6, 6.07) is 3.17. The zero-order valence-corrected chi connectivity index (χ0v) is 13.5. The summed E-state index contributed by atoms with van der Waals surface area (Å²) in [4.78, 5) is 26.3. The van der Waals surface area contributed by atoms with Crippen molar-refractivity contribution in [2.75, 3.05) is 12.3 Å². The molecule has 21 heavy (non-hydrogen) atoms. The Balaban J connectivity index is 2.94. The van der Waals surface area contributed by atoms with E-state index in [1.165, 1.54) is 16.8 Å². The van der Waals surface area contributed by atoms with Crippen molar-refractivity contribution in [3.05, 3.63) is 28.7 Å². The highest BCUT2D eigenvalue weighted by Gasteiger charge is 2.22. The predicted octanol–water partition coefficient (Wildman–Crippen LogP) is 2.10. The Labute approximate surface area is 126 Å². The first-order valence-corrected chi connectivity index (χ1v) is 7.64. The number of nitrogen functional groups attached to an aromatic ring is 1. The van der Waals surface area contributed by atoms with Gasteiger partial charge in [-0.25, -0.2) is 0 Å². The van der Waals surface area contributed by atoms with Crippen molar-refractivity contribution in [3.8, 4) is 0 Å². The van der Waals surface area contributed by atoms with Crippen LogP contribution < -0.4 is 11.3 Å². The van der Waals surface area contributed by atoms with Gasteiger partial charge in [0.2, 0.25) is 5.91 Å². The first-order chi connectivity index (χ1) is 9.88. The fraction of sp³-hybridized carbons (Fsp3) is 0.625. The van der Waals surface area contributed by atoms with Crippen molar-refractivity contribution in [1.29, 1.82) is 0 Å². The van der Waals surface area contributed by atoms with Gasteiger partial charge >= 0.3 is 0 Å². The molecule has 1 amide bonds. The van der Waals surface area contributed by atoms with Gasteiger partial charge in [-0.15, -0.1) is 0 Å². The molecule has 0 aliphatic rings. The first kappa shape index (κ1) is 17.3. The maximum absolute atomic E-state index is 12.6. The molecule has 0 saturated carbocycles. The van der Waals surface area contributed by atoms with Crippen molar-refractivity contribution < 1.29 is 4.79 Å². The predicted molar refractivity (Wildman–Crippen MR) is 86.0 cm³/mol. The summed E-state index contributed by atoms with van der Waals surface area (Å²) in [6.07, 6.45) is 3.36. The molecule has 0 aliphatic carbocycles. The maximum atomic E-state index is 12.6. The second-order valence-corrected chi connectivity index (χ2v) is 5.84. The highest BCUT2D eigenvalue weighted by atomic mass is 16.2. The third kappa shape index (κ3) is 4.92. The van der Waals surface area contributed by atoms with Crippen LogP contribution in [-0.4, -0.2) is 28.0 Å². The quantitative estimate of drug-likeness (QED) is 0.837. The third-order valence-corrected chi connectivity index (χ3v) is 3.58. The first-order valence-electron chi connectivity index (χ1n) is 7.64. The van der Waals surface area contributed by atoms with Crippen LogP contribution in [0.3, 0.4) is 0 Å². The van der Waals surface area contributed by atoms with Crippen LogP contribution in [0.4, 0.5) is 5.69 Å². The number of hydrogen-bond donors (Lipinski definition) is 1. The van der Waals surface area contributed by atoms with Crippen LogP contribution in [0.15, 0.2) is 23.1 Å². The number of nitrogens with two attached hydrogens (primary N) is 1.